The van der Waals surface area contributed by atoms with Crippen molar-refractivity contribution < 1.29 is 23.1 Å². The van der Waals surface area contributed by atoms with E-state index in [1.807, 2.05) is 19.2 Å². The molecule has 0 heterocycles. The molecular formula is C12H16F3N3O2. The lowest BCUT2D eigenvalue weighted by Crippen LogP contribution is -2.16. The number of carboxylic acid groups (broad SMARTS) is 1. The lowest BCUT2D eigenvalue weighted by Gasteiger charge is -2.18. The zero-order chi connectivity index (χ0) is 15.5. The lowest BCUT2D eigenvalue weighted by atomic mass is 10.1. The number of carbonyl (C=O) groups is 1. The second-order valence-electron chi connectivity index (χ2n) is 4.69. The molecule has 1 aromatic rings. The van der Waals surface area contributed by atoms with E-state index in [2.05, 4.69) is 5.32 Å². The summed E-state index contributed by atoms with van der Waals surface area (Å²) in [6, 6.07) is 1.77. The highest BCUT2D eigenvalue weighted by atomic mass is 19.4. The highest BCUT2D eigenvalue weighted by Crippen LogP contribution is 2.39. The van der Waals surface area contributed by atoms with E-state index in [0.717, 1.165) is 6.07 Å². The quantitative estimate of drug-likeness (QED) is 0.640. The van der Waals surface area contributed by atoms with Crippen molar-refractivity contribution in [2.45, 2.75) is 20.0 Å². The molecule has 0 aliphatic carbocycles. The SMILES string of the molecule is CC(C)CNc1cc(NC(=O)O)c(N)cc1C(F)(F)F. The van der Waals surface area contributed by atoms with Gasteiger partial charge in [-0.25, -0.2) is 4.79 Å². The maximum absolute atomic E-state index is 12.9. The lowest BCUT2D eigenvalue weighted by molar-refractivity contribution is -0.136. The molecule has 0 fully saturated rings. The van der Waals surface area contributed by atoms with E-state index in [1.165, 1.54) is 0 Å². The fourth-order valence-corrected chi connectivity index (χ4v) is 1.53. The molecule has 0 atom stereocenters. The molecular weight excluding hydrogens is 275 g/mol. The summed E-state index contributed by atoms with van der Waals surface area (Å²) < 4.78 is 38.7. The average molecular weight is 291 g/mol. The van der Waals surface area contributed by atoms with Crippen LogP contribution >= 0.6 is 0 Å². The van der Waals surface area contributed by atoms with Gasteiger partial charge in [-0.1, -0.05) is 13.8 Å². The summed E-state index contributed by atoms with van der Waals surface area (Å²) >= 11 is 0. The first-order valence-electron chi connectivity index (χ1n) is 5.85. The first-order valence-corrected chi connectivity index (χ1v) is 5.85. The zero-order valence-electron chi connectivity index (χ0n) is 11.0. The highest BCUT2D eigenvalue weighted by molar-refractivity contribution is 5.89. The van der Waals surface area contributed by atoms with Gasteiger partial charge in [0, 0.05) is 12.2 Å². The van der Waals surface area contributed by atoms with Gasteiger partial charge in [0.2, 0.25) is 0 Å². The van der Waals surface area contributed by atoms with Crippen LogP contribution in [0.15, 0.2) is 12.1 Å². The van der Waals surface area contributed by atoms with Crippen LogP contribution in [0.25, 0.3) is 0 Å². The smallest absolute Gasteiger partial charge is 0.418 e. The van der Waals surface area contributed by atoms with Crippen molar-refractivity contribution in [3.8, 4) is 0 Å². The van der Waals surface area contributed by atoms with Crippen molar-refractivity contribution in [1.82, 2.24) is 0 Å². The van der Waals surface area contributed by atoms with Gasteiger partial charge in [-0.05, 0) is 18.1 Å². The van der Waals surface area contributed by atoms with E-state index in [0.29, 0.717) is 12.6 Å². The summed E-state index contributed by atoms with van der Waals surface area (Å²) in [5, 5.41) is 13.2. The summed E-state index contributed by atoms with van der Waals surface area (Å²) in [5.41, 5.74) is 3.94. The molecule has 20 heavy (non-hydrogen) atoms. The minimum Gasteiger partial charge on any atom is -0.465 e. The van der Waals surface area contributed by atoms with Crippen molar-refractivity contribution in [1.29, 1.82) is 0 Å². The summed E-state index contributed by atoms with van der Waals surface area (Å²) in [5.74, 6) is 0.129. The molecule has 112 valence electrons. The van der Waals surface area contributed by atoms with Crippen LogP contribution in [0.4, 0.5) is 35.0 Å². The second kappa shape index (κ2) is 5.89. The summed E-state index contributed by atoms with van der Waals surface area (Å²) in [7, 11) is 0. The van der Waals surface area contributed by atoms with Gasteiger partial charge < -0.3 is 16.2 Å². The Kier molecular flexibility index (Phi) is 4.69. The third-order valence-corrected chi connectivity index (χ3v) is 2.44. The number of benzene rings is 1. The monoisotopic (exact) mass is 291 g/mol. The summed E-state index contributed by atoms with van der Waals surface area (Å²) in [6.07, 6.45) is -5.97. The minimum absolute atomic E-state index is 0.0863. The van der Waals surface area contributed by atoms with E-state index in [-0.39, 0.29) is 23.0 Å². The number of halogens is 3. The van der Waals surface area contributed by atoms with Gasteiger partial charge in [-0.2, -0.15) is 13.2 Å². The van der Waals surface area contributed by atoms with Gasteiger partial charge in [0.1, 0.15) is 0 Å². The van der Waals surface area contributed by atoms with Crippen molar-refractivity contribution in [2.24, 2.45) is 5.92 Å². The first kappa shape index (κ1) is 15.9. The number of hydrogen-bond donors (Lipinski definition) is 4. The van der Waals surface area contributed by atoms with Gasteiger partial charge >= 0.3 is 12.3 Å². The number of nitrogens with two attached hydrogens (primary N) is 1. The van der Waals surface area contributed by atoms with Gasteiger partial charge in [0.25, 0.3) is 0 Å². The van der Waals surface area contributed by atoms with E-state index in [1.54, 1.807) is 0 Å². The van der Waals surface area contributed by atoms with Gasteiger partial charge in [0.05, 0.1) is 16.9 Å². The molecule has 8 heteroatoms. The molecule has 0 saturated carbocycles. The Morgan fingerprint density at radius 3 is 2.40 bits per heavy atom. The fourth-order valence-electron chi connectivity index (χ4n) is 1.53. The molecule has 0 aliphatic heterocycles. The van der Waals surface area contributed by atoms with Crippen LogP contribution in [-0.2, 0) is 6.18 Å². The molecule has 1 amide bonds. The van der Waals surface area contributed by atoms with Crippen LogP contribution in [0.5, 0.6) is 0 Å². The Labute approximate surface area is 114 Å². The van der Waals surface area contributed by atoms with Crippen LogP contribution in [0.3, 0.4) is 0 Å². The van der Waals surface area contributed by atoms with E-state index in [9.17, 15) is 18.0 Å². The summed E-state index contributed by atoms with van der Waals surface area (Å²) in [4.78, 5) is 10.6. The second-order valence-corrected chi connectivity index (χ2v) is 4.69. The third-order valence-electron chi connectivity index (χ3n) is 2.44. The predicted molar refractivity (Wildman–Crippen MR) is 70.8 cm³/mol. The fraction of sp³-hybridized carbons (Fsp3) is 0.417. The Morgan fingerprint density at radius 2 is 1.95 bits per heavy atom. The molecule has 0 bridgehead atoms. The largest absolute Gasteiger partial charge is 0.465 e. The number of nitrogens with one attached hydrogen (secondary N) is 2. The number of hydrogen-bond acceptors (Lipinski definition) is 3. The molecule has 0 aliphatic rings. The third kappa shape index (κ3) is 4.22. The van der Waals surface area contributed by atoms with Crippen molar-refractivity contribution in [3.63, 3.8) is 0 Å². The zero-order valence-corrected chi connectivity index (χ0v) is 11.0. The minimum atomic E-state index is -4.57. The standard InChI is InChI=1S/C12H16F3N3O2/c1-6(2)5-17-9-4-10(18-11(19)20)8(16)3-7(9)12(13,14)15/h3-4,6,17-18H,5,16H2,1-2H3,(H,19,20). The highest BCUT2D eigenvalue weighted by Gasteiger charge is 2.34. The van der Waals surface area contributed by atoms with E-state index in [4.69, 9.17) is 10.8 Å². The first-order chi connectivity index (χ1) is 9.11. The number of amides is 1. The molecule has 0 aromatic heterocycles. The van der Waals surface area contributed by atoms with Gasteiger partial charge in [-0.3, -0.25) is 5.32 Å². The van der Waals surface area contributed by atoms with Gasteiger partial charge in [-0.15, -0.1) is 0 Å². The van der Waals surface area contributed by atoms with Crippen LogP contribution < -0.4 is 16.4 Å². The molecule has 5 N–H and O–H groups in total. The molecule has 1 rings (SSSR count). The Morgan fingerprint density at radius 1 is 1.35 bits per heavy atom. The van der Waals surface area contributed by atoms with Crippen molar-refractivity contribution in [3.05, 3.63) is 17.7 Å². The predicted octanol–water partition coefficient (Wildman–Crippen LogP) is 3.45. The van der Waals surface area contributed by atoms with E-state index < -0.39 is 17.8 Å². The Balaban J connectivity index is 3.22. The van der Waals surface area contributed by atoms with Crippen LogP contribution in [0.2, 0.25) is 0 Å². The van der Waals surface area contributed by atoms with E-state index >= 15 is 0 Å². The molecule has 0 spiro atoms. The molecule has 1 aromatic carbocycles. The summed E-state index contributed by atoms with van der Waals surface area (Å²) in [6.45, 7) is 4.00. The van der Waals surface area contributed by atoms with Crippen molar-refractivity contribution in [2.75, 3.05) is 22.9 Å². The number of anilines is 3. The molecule has 5 nitrogen and oxygen atoms in total. The van der Waals surface area contributed by atoms with Crippen molar-refractivity contribution >= 4 is 23.2 Å². The Hall–Kier alpha value is -2.12. The maximum atomic E-state index is 12.9. The average Bonchev–Trinajstić information content (AvgIpc) is 2.27. The topological polar surface area (TPSA) is 87.4 Å². The Bertz CT molecular complexity index is 501. The number of alkyl halides is 3. The molecule has 0 saturated heterocycles. The van der Waals surface area contributed by atoms with Crippen LogP contribution in [-0.4, -0.2) is 17.7 Å². The van der Waals surface area contributed by atoms with Gasteiger partial charge in [0.15, 0.2) is 0 Å². The van der Waals surface area contributed by atoms with Crippen LogP contribution in [0.1, 0.15) is 19.4 Å². The molecule has 0 unspecified atom stereocenters. The maximum Gasteiger partial charge on any atom is 0.418 e. The molecule has 0 radical (unpaired) electrons. The number of nitrogen functional groups attached to an aromatic ring is 1. The van der Waals surface area contributed by atoms with Crippen LogP contribution in [0, 0.1) is 5.92 Å². The number of rotatable bonds is 4. The normalized spacial score (nSPS) is 11.5.